The Labute approximate surface area is 123 Å². The van der Waals surface area contributed by atoms with Crippen LogP contribution in [0.5, 0.6) is 0 Å². The maximum absolute atomic E-state index is 13.3. The van der Waals surface area contributed by atoms with Crippen molar-refractivity contribution < 1.29 is 4.39 Å². The molecule has 0 radical (unpaired) electrons. The molecule has 0 spiro atoms. The highest BCUT2D eigenvalue weighted by Gasteiger charge is 2.33. The van der Waals surface area contributed by atoms with Crippen molar-refractivity contribution in [1.82, 2.24) is 4.90 Å². The van der Waals surface area contributed by atoms with Gasteiger partial charge in [-0.15, -0.1) is 0 Å². The van der Waals surface area contributed by atoms with Crippen LogP contribution in [0.4, 0.5) is 4.39 Å². The minimum atomic E-state index is -0.217. The Bertz CT molecular complexity index is 421. The Hall–Kier alpha value is -0.450. The van der Waals surface area contributed by atoms with Crippen molar-refractivity contribution in [3.8, 4) is 0 Å². The van der Waals surface area contributed by atoms with Crippen LogP contribution in [-0.4, -0.2) is 24.0 Å². The molecular formula is C15H22BrFN2. The fourth-order valence-corrected chi connectivity index (χ4v) is 2.92. The maximum Gasteiger partial charge on any atom is 0.137 e. The van der Waals surface area contributed by atoms with Gasteiger partial charge in [-0.25, -0.2) is 4.39 Å². The summed E-state index contributed by atoms with van der Waals surface area (Å²) in [7, 11) is 0. The molecule has 2 rings (SSSR count). The van der Waals surface area contributed by atoms with Gasteiger partial charge >= 0.3 is 0 Å². The summed E-state index contributed by atoms with van der Waals surface area (Å²) in [6, 6.07) is 6.12. The highest BCUT2D eigenvalue weighted by Crippen LogP contribution is 2.35. The van der Waals surface area contributed by atoms with Crippen LogP contribution in [-0.2, 0) is 0 Å². The van der Waals surface area contributed by atoms with Gasteiger partial charge < -0.3 is 5.73 Å². The Kier molecular flexibility index (Phi) is 5.37. The normalized spacial score (nSPS) is 16.9. The third-order valence-corrected chi connectivity index (χ3v) is 4.35. The number of benzene rings is 1. The van der Waals surface area contributed by atoms with E-state index in [9.17, 15) is 4.39 Å². The lowest BCUT2D eigenvalue weighted by molar-refractivity contribution is 0.188. The minimum Gasteiger partial charge on any atom is -0.329 e. The van der Waals surface area contributed by atoms with Crippen LogP contribution in [0.3, 0.4) is 0 Å². The van der Waals surface area contributed by atoms with Crippen molar-refractivity contribution in [1.29, 1.82) is 0 Å². The summed E-state index contributed by atoms with van der Waals surface area (Å²) >= 11 is 3.26. The third kappa shape index (κ3) is 3.77. The smallest absolute Gasteiger partial charge is 0.137 e. The molecule has 1 aliphatic rings. The number of nitrogens with zero attached hydrogens (tertiary/aromatic N) is 1. The van der Waals surface area contributed by atoms with Crippen molar-refractivity contribution in [3.63, 3.8) is 0 Å². The second-order valence-electron chi connectivity index (χ2n) is 5.25. The molecule has 1 saturated carbocycles. The Morgan fingerprint density at radius 3 is 2.74 bits per heavy atom. The predicted octanol–water partition coefficient (Wildman–Crippen LogP) is 3.85. The van der Waals surface area contributed by atoms with E-state index in [-0.39, 0.29) is 11.9 Å². The van der Waals surface area contributed by atoms with Gasteiger partial charge in [0.05, 0.1) is 4.47 Å². The number of rotatable bonds is 7. The summed E-state index contributed by atoms with van der Waals surface area (Å²) in [5, 5.41) is 0. The monoisotopic (exact) mass is 328 g/mol. The van der Waals surface area contributed by atoms with Crippen LogP contribution >= 0.6 is 15.9 Å². The molecule has 0 saturated heterocycles. The standard InChI is InChI=1S/C15H22BrFN2/c1-2-3-8-19(12-5-6-12)15(10-18)11-4-7-14(17)13(16)9-11/h4,7,9,12,15H,2-3,5-6,8,10,18H2,1H3. The average Bonchev–Trinajstić information content (AvgIpc) is 3.22. The number of halogens is 2. The molecule has 0 amide bonds. The summed E-state index contributed by atoms with van der Waals surface area (Å²) in [5.41, 5.74) is 7.09. The lowest BCUT2D eigenvalue weighted by Gasteiger charge is -2.31. The fourth-order valence-electron chi connectivity index (χ4n) is 2.52. The Morgan fingerprint density at radius 1 is 1.47 bits per heavy atom. The van der Waals surface area contributed by atoms with Gasteiger partial charge in [0.25, 0.3) is 0 Å². The molecule has 19 heavy (non-hydrogen) atoms. The van der Waals surface area contributed by atoms with Crippen LogP contribution in [0.1, 0.15) is 44.2 Å². The topological polar surface area (TPSA) is 29.3 Å². The number of unbranched alkanes of at least 4 members (excludes halogenated alkanes) is 1. The van der Waals surface area contributed by atoms with Gasteiger partial charge in [-0.3, -0.25) is 4.90 Å². The van der Waals surface area contributed by atoms with Crippen LogP contribution in [0.15, 0.2) is 22.7 Å². The van der Waals surface area contributed by atoms with Gasteiger partial charge in [-0.1, -0.05) is 19.4 Å². The van der Waals surface area contributed by atoms with Crippen LogP contribution in [0.25, 0.3) is 0 Å². The lowest BCUT2D eigenvalue weighted by atomic mass is 10.0. The average molecular weight is 329 g/mol. The number of hydrogen-bond donors (Lipinski definition) is 1. The lowest BCUT2D eigenvalue weighted by Crippen LogP contribution is -2.36. The van der Waals surface area contributed by atoms with Gasteiger partial charge in [0.15, 0.2) is 0 Å². The number of nitrogens with two attached hydrogens (primary N) is 1. The van der Waals surface area contributed by atoms with Crippen molar-refractivity contribution >= 4 is 15.9 Å². The summed E-state index contributed by atoms with van der Waals surface area (Å²) in [6.45, 7) is 3.87. The SMILES string of the molecule is CCCCN(C1CC1)C(CN)c1ccc(F)c(Br)c1. The van der Waals surface area contributed by atoms with Crippen molar-refractivity contribution in [2.24, 2.45) is 5.73 Å². The maximum atomic E-state index is 13.3. The van der Waals surface area contributed by atoms with E-state index in [1.54, 1.807) is 0 Å². The van der Waals surface area contributed by atoms with Gasteiger partial charge in [-0.2, -0.15) is 0 Å². The molecule has 106 valence electrons. The van der Waals surface area contributed by atoms with E-state index in [4.69, 9.17) is 5.73 Å². The van der Waals surface area contributed by atoms with Crippen LogP contribution in [0.2, 0.25) is 0 Å². The summed E-state index contributed by atoms with van der Waals surface area (Å²) in [4.78, 5) is 2.50. The second-order valence-corrected chi connectivity index (χ2v) is 6.10. The summed E-state index contributed by atoms with van der Waals surface area (Å²) < 4.78 is 13.9. The molecule has 1 aliphatic carbocycles. The first-order valence-electron chi connectivity index (χ1n) is 7.08. The Morgan fingerprint density at radius 2 is 2.21 bits per heavy atom. The van der Waals surface area contributed by atoms with E-state index in [1.807, 2.05) is 12.1 Å². The molecule has 0 aromatic heterocycles. The molecule has 4 heteroatoms. The molecule has 1 aromatic rings. The molecule has 0 aliphatic heterocycles. The summed E-state index contributed by atoms with van der Waals surface area (Å²) in [5.74, 6) is -0.217. The second kappa shape index (κ2) is 6.82. The van der Waals surface area contributed by atoms with Gasteiger partial charge in [0, 0.05) is 18.6 Å². The zero-order chi connectivity index (χ0) is 13.8. The highest BCUT2D eigenvalue weighted by molar-refractivity contribution is 9.10. The quantitative estimate of drug-likeness (QED) is 0.823. The van der Waals surface area contributed by atoms with E-state index in [2.05, 4.69) is 27.8 Å². The summed E-state index contributed by atoms with van der Waals surface area (Å²) in [6.07, 6.45) is 4.91. The van der Waals surface area contributed by atoms with E-state index >= 15 is 0 Å². The molecule has 1 atom stereocenters. The van der Waals surface area contributed by atoms with Crippen molar-refractivity contribution in [2.75, 3.05) is 13.1 Å². The largest absolute Gasteiger partial charge is 0.329 e. The Balaban J connectivity index is 2.17. The number of hydrogen-bond acceptors (Lipinski definition) is 2. The molecular weight excluding hydrogens is 307 g/mol. The van der Waals surface area contributed by atoms with Gasteiger partial charge in [-0.05, 0) is 59.4 Å². The zero-order valence-electron chi connectivity index (χ0n) is 11.4. The van der Waals surface area contributed by atoms with Crippen molar-refractivity contribution in [3.05, 3.63) is 34.1 Å². The molecule has 2 nitrogen and oxygen atoms in total. The van der Waals surface area contributed by atoms with E-state index in [1.165, 1.54) is 31.7 Å². The minimum absolute atomic E-state index is 0.205. The molecule has 1 fully saturated rings. The van der Waals surface area contributed by atoms with Gasteiger partial charge in [0.1, 0.15) is 5.82 Å². The van der Waals surface area contributed by atoms with E-state index < -0.39 is 0 Å². The molecule has 0 heterocycles. The third-order valence-electron chi connectivity index (χ3n) is 3.74. The van der Waals surface area contributed by atoms with Crippen LogP contribution < -0.4 is 5.73 Å². The molecule has 1 unspecified atom stereocenters. The van der Waals surface area contributed by atoms with Crippen molar-refractivity contribution in [2.45, 2.75) is 44.7 Å². The molecule has 2 N–H and O–H groups in total. The van der Waals surface area contributed by atoms with Crippen LogP contribution in [0, 0.1) is 5.82 Å². The highest BCUT2D eigenvalue weighted by atomic mass is 79.9. The van der Waals surface area contributed by atoms with Gasteiger partial charge in [0.2, 0.25) is 0 Å². The first-order chi connectivity index (χ1) is 9.17. The van der Waals surface area contributed by atoms with E-state index in [0.29, 0.717) is 17.1 Å². The molecule has 0 bridgehead atoms. The first-order valence-corrected chi connectivity index (χ1v) is 7.87. The van der Waals surface area contributed by atoms with E-state index in [0.717, 1.165) is 12.1 Å². The fraction of sp³-hybridized carbons (Fsp3) is 0.600. The predicted molar refractivity (Wildman–Crippen MR) is 80.5 cm³/mol. The zero-order valence-corrected chi connectivity index (χ0v) is 13.0. The molecule has 1 aromatic carbocycles. The first kappa shape index (κ1) is 14.9.